The van der Waals surface area contributed by atoms with Crippen LogP contribution in [0.25, 0.3) is 0 Å². The average molecular weight is 368 g/mol. The van der Waals surface area contributed by atoms with E-state index in [-0.39, 0.29) is 16.9 Å². The highest BCUT2D eigenvalue weighted by Crippen LogP contribution is 2.31. The maximum Gasteiger partial charge on any atom is 0.235 e. The van der Waals surface area contributed by atoms with E-state index in [1.54, 1.807) is 31.1 Å². The molecule has 122 valence electrons. The van der Waals surface area contributed by atoms with Crippen molar-refractivity contribution in [3.63, 3.8) is 0 Å². The van der Waals surface area contributed by atoms with E-state index in [4.69, 9.17) is 0 Å². The Morgan fingerprint density at radius 2 is 1.83 bits per heavy atom. The summed E-state index contributed by atoms with van der Waals surface area (Å²) in [6.45, 7) is 1.85. The minimum Gasteiger partial charge on any atom is -0.348 e. The van der Waals surface area contributed by atoms with Crippen LogP contribution in [-0.4, -0.2) is 51.9 Å². The molecule has 1 aromatic carbocycles. The van der Waals surface area contributed by atoms with Crippen molar-refractivity contribution in [1.29, 1.82) is 0 Å². The van der Waals surface area contributed by atoms with Gasteiger partial charge >= 0.3 is 0 Å². The lowest BCUT2D eigenvalue weighted by Gasteiger charge is -2.14. The van der Waals surface area contributed by atoms with Gasteiger partial charge in [0.25, 0.3) is 0 Å². The normalized spacial score (nSPS) is 12.0. The number of rotatable bonds is 7. The van der Waals surface area contributed by atoms with Crippen LogP contribution in [0.2, 0.25) is 0 Å². The molecule has 0 aliphatic carbocycles. The molecule has 1 amide bonds. The second kappa shape index (κ2) is 8.47. The molecule has 0 bridgehead atoms. The van der Waals surface area contributed by atoms with Crippen LogP contribution in [0.4, 0.5) is 0 Å². The van der Waals surface area contributed by atoms with Gasteiger partial charge in [0, 0.05) is 19.7 Å². The van der Waals surface area contributed by atoms with Crippen LogP contribution in [0.3, 0.4) is 0 Å². The maximum atomic E-state index is 12.0. The van der Waals surface area contributed by atoms with Gasteiger partial charge in [0.05, 0.1) is 11.0 Å². The Labute approximate surface area is 147 Å². The van der Waals surface area contributed by atoms with Gasteiger partial charge in [-0.15, -0.1) is 10.2 Å². The summed E-state index contributed by atoms with van der Waals surface area (Å²) in [6.07, 6.45) is 0. The van der Waals surface area contributed by atoms with E-state index in [0.29, 0.717) is 11.3 Å². The highest BCUT2D eigenvalue weighted by Gasteiger charge is 2.19. The minimum absolute atomic E-state index is 0.0404. The highest BCUT2D eigenvalue weighted by molar-refractivity contribution is 8.04. The average Bonchev–Trinajstić information content (AvgIpc) is 2.99. The lowest BCUT2D eigenvalue weighted by Crippen LogP contribution is -2.29. The first-order chi connectivity index (χ1) is 11.0. The topological polar surface area (TPSA) is 63.2 Å². The third-order valence-electron chi connectivity index (χ3n) is 2.88. The van der Waals surface area contributed by atoms with Crippen LogP contribution < -0.4 is 0 Å². The van der Waals surface area contributed by atoms with Gasteiger partial charge in [-0.05, 0) is 6.92 Å². The van der Waals surface area contributed by atoms with Crippen molar-refractivity contribution >= 4 is 46.6 Å². The Morgan fingerprint density at radius 3 is 2.48 bits per heavy atom. The predicted molar refractivity (Wildman–Crippen MR) is 95.4 cm³/mol. The summed E-state index contributed by atoms with van der Waals surface area (Å²) in [5, 5.41) is 7.94. The molecule has 0 fully saturated rings. The molecule has 0 radical (unpaired) electrons. The Hall–Kier alpha value is -1.38. The van der Waals surface area contributed by atoms with E-state index in [2.05, 4.69) is 10.2 Å². The van der Waals surface area contributed by atoms with Crippen molar-refractivity contribution in [3.8, 4) is 0 Å². The molecule has 0 aliphatic heterocycles. The molecule has 2 aromatic rings. The summed E-state index contributed by atoms with van der Waals surface area (Å²) in [7, 11) is 3.46. The van der Waals surface area contributed by atoms with Crippen LogP contribution in [0.5, 0.6) is 0 Å². The second-order valence-corrected chi connectivity index (χ2v) is 8.69. The van der Waals surface area contributed by atoms with Crippen molar-refractivity contribution in [2.24, 2.45) is 0 Å². The number of hydrogen-bond acceptors (Lipinski definition) is 7. The SMILES string of the molecule is C[C@@H](Sc1nnc(SCC(=O)c2ccccc2)s1)C(=O)N(C)C. The van der Waals surface area contributed by atoms with Crippen molar-refractivity contribution in [2.45, 2.75) is 20.9 Å². The quantitative estimate of drug-likeness (QED) is 0.553. The zero-order valence-electron chi connectivity index (χ0n) is 13.1. The zero-order chi connectivity index (χ0) is 16.8. The fourth-order valence-electron chi connectivity index (χ4n) is 1.70. The molecule has 0 unspecified atom stereocenters. The molecule has 5 nitrogen and oxygen atoms in total. The third kappa shape index (κ3) is 5.33. The molecule has 2 rings (SSSR count). The lowest BCUT2D eigenvalue weighted by atomic mass is 10.2. The van der Waals surface area contributed by atoms with E-state index >= 15 is 0 Å². The predicted octanol–water partition coefficient (Wildman–Crippen LogP) is 3.08. The molecular weight excluding hydrogens is 350 g/mol. The molecule has 1 heterocycles. The van der Waals surface area contributed by atoms with Crippen LogP contribution in [0.1, 0.15) is 17.3 Å². The van der Waals surface area contributed by atoms with E-state index in [1.807, 2.05) is 25.1 Å². The van der Waals surface area contributed by atoms with Gasteiger partial charge in [-0.25, -0.2) is 0 Å². The van der Waals surface area contributed by atoms with Crippen molar-refractivity contribution in [1.82, 2.24) is 15.1 Å². The van der Waals surface area contributed by atoms with Crippen LogP contribution in [0, 0.1) is 0 Å². The minimum atomic E-state index is -0.207. The van der Waals surface area contributed by atoms with Crippen LogP contribution in [0.15, 0.2) is 39.0 Å². The molecule has 23 heavy (non-hydrogen) atoms. The largest absolute Gasteiger partial charge is 0.348 e. The zero-order valence-corrected chi connectivity index (χ0v) is 15.5. The summed E-state index contributed by atoms with van der Waals surface area (Å²) in [4.78, 5) is 25.4. The fraction of sp³-hybridized carbons (Fsp3) is 0.333. The molecular formula is C15H17N3O2S3. The molecule has 8 heteroatoms. The number of amides is 1. The number of carbonyl (C=O) groups is 2. The Balaban J connectivity index is 1.88. The number of nitrogens with zero attached hydrogens (tertiary/aromatic N) is 3. The van der Waals surface area contributed by atoms with Gasteiger partial charge in [0.15, 0.2) is 14.5 Å². The monoisotopic (exact) mass is 367 g/mol. The first-order valence-corrected chi connectivity index (χ1v) is 9.58. The lowest BCUT2D eigenvalue weighted by molar-refractivity contribution is -0.127. The first-order valence-electron chi connectivity index (χ1n) is 6.89. The summed E-state index contributed by atoms with van der Waals surface area (Å²) in [5.41, 5.74) is 0.698. The number of hydrogen-bond donors (Lipinski definition) is 0. The number of aromatic nitrogens is 2. The summed E-state index contributed by atoms with van der Waals surface area (Å²) in [6, 6.07) is 9.19. The third-order valence-corrected chi connectivity index (χ3v) is 6.10. The molecule has 0 spiro atoms. The smallest absolute Gasteiger partial charge is 0.235 e. The van der Waals surface area contributed by atoms with E-state index in [9.17, 15) is 9.59 Å². The molecule has 0 saturated heterocycles. The van der Waals surface area contributed by atoms with Crippen molar-refractivity contribution < 1.29 is 9.59 Å². The summed E-state index contributed by atoms with van der Waals surface area (Å²) in [5.74, 6) is 0.435. The highest BCUT2D eigenvalue weighted by atomic mass is 32.2. The number of carbonyl (C=O) groups excluding carboxylic acids is 2. The maximum absolute atomic E-state index is 12.0. The number of thioether (sulfide) groups is 2. The van der Waals surface area contributed by atoms with Gasteiger partial charge < -0.3 is 4.90 Å². The number of Topliss-reactive ketones (excluding diaryl/α,β-unsaturated/α-hetero) is 1. The van der Waals surface area contributed by atoms with Crippen LogP contribution in [-0.2, 0) is 4.79 Å². The Morgan fingerprint density at radius 1 is 1.17 bits per heavy atom. The van der Waals surface area contributed by atoms with Gasteiger partial charge in [-0.2, -0.15) is 0 Å². The molecule has 0 saturated carbocycles. The van der Waals surface area contributed by atoms with Gasteiger partial charge in [-0.1, -0.05) is 65.2 Å². The molecule has 0 N–H and O–H groups in total. The van der Waals surface area contributed by atoms with Gasteiger partial charge in [-0.3, -0.25) is 9.59 Å². The molecule has 0 aliphatic rings. The summed E-state index contributed by atoms with van der Waals surface area (Å²) < 4.78 is 1.48. The van der Waals surface area contributed by atoms with Crippen molar-refractivity contribution in [3.05, 3.63) is 35.9 Å². The second-order valence-electron chi connectivity index (χ2n) is 4.90. The molecule has 1 aromatic heterocycles. The number of benzene rings is 1. The first kappa shape index (κ1) is 18.0. The summed E-state index contributed by atoms with van der Waals surface area (Å²) >= 11 is 4.17. The standard InChI is InChI=1S/C15H17N3O2S3/c1-10(13(20)18(2)3)22-15-17-16-14(23-15)21-9-12(19)11-7-5-4-6-8-11/h4-8,10H,9H2,1-3H3/t10-/m1/s1. The van der Waals surface area contributed by atoms with E-state index in [0.717, 1.165) is 8.68 Å². The van der Waals surface area contributed by atoms with Gasteiger partial charge in [0.2, 0.25) is 5.91 Å². The Bertz CT molecular complexity index is 674. The molecule has 1 atom stereocenters. The number of ketones is 1. The van der Waals surface area contributed by atoms with Gasteiger partial charge in [0.1, 0.15) is 0 Å². The Kier molecular flexibility index (Phi) is 6.61. The van der Waals surface area contributed by atoms with Crippen molar-refractivity contribution in [2.75, 3.05) is 19.8 Å². The van der Waals surface area contributed by atoms with E-state index < -0.39 is 0 Å². The van der Waals surface area contributed by atoms with E-state index in [1.165, 1.54) is 34.9 Å². The van der Waals surface area contributed by atoms with Crippen LogP contribution >= 0.6 is 34.9 Å². The fourth-order valence-corrected chi connectivity index (χ4v) is 4.91.